The Balaban J connectivity index is 1.26. The number of nitrogens with one attached hydrogen (secondary N) is 2. The summed E-state index contributed by atoms with van der Waals surface area (Å²) < 4.78 is 11.3. The first kappa shape index (κ1) is 25.1. The molecule has 1 aromatic rings. The number of carbonyl (C=O) groups excluding carboxylic acids is 2. The van der Waals surface area contributed by atoms with Gasteiger partial charge in [0, 0.05) is 19.5 Å². The number of nitrogens with two attached hydrogens (primary N) is 1. The normalized spacial score (nSPS) is 22.9. The molecule has 4 rings (SSSR count). The molecule has 1 aromatic carbocycles. The Kier molecular flexibility index (Phi) is 8.94. The van der Waals surface area contributed by atoms with Crippen LogP contribution in [0.25, 0.3) is 0 Å². The number of rotatable bonds is 9. The van der Waals surface area contributed by atoms with Gasteiger partial charge in [0.25, 0.3) is 0 Å². The third kappa shape index (κ3) is 7.01. The summed E-state index contributed by atoms with van der Waals surface area (Å²) in [6, 6.07) is 9.18. The van der Waals surface area contributed by atoms with E-state index in [1.807, 2.05) is 30.3 Å². The molecule has 4 N–H and O–H groups in total. The summed E-state index contributed by atoms with van der Waals surface area (Å²) in [4.78, 5) is 28.5. The van der Waals surface area contributed by atoms with Crippen LogP contribution < -0.4 is 16.4 Å². The van der Waals surface area contributed by atoms with Gasteiger partial charge < -0.3 is 25.8 Å². The highest BCUT2D eigenvalue weighted by Gasteiger charge is 2.39. The minimum absolute atomic E-state index is 0.113. The zero-order valence-corrected chi connectivity index (χ0v) is 20.2. The molecule has 2 aliphatic heterocycles. The fourth-order valence-corrected chi connectivity index (χ4v) is 5.19. The number of amides is 2. The van der Waals surface area contributed by atoms with Crippen molar-refractivity contribution in [1.29, 1.82) is 0 Å². The molecule has 0 spiro atoms. The molecule has 0 bridgehead atoms. The van der Waals surface area contributed by atoms with Crippen LogP contribution in [0.3, 0.4) is 0 Å². The van der Waals surface area contributed by atoms with E-state index < -0.39 is 11.6 Å². The van der Waals surface area contributed by atoms with Crippen molar-refractivity contribution < 1.29 is 19.1 Å². The SMILES string of the molecule is NC1(C(=O)N[C@H](Cc2ccccc2)C(=O)NCC2CCN(CC3OCCCO3)CC2)CCCC1. The number of hydrogen-bond acceptors (Lipinski definition) is 6. The zero-order chi connectivity index (χ0) is 23.8. The van der Waals surface area contributed by atoms with Crippen LogP contribution in [0.15, 0.2) is 30.3 Å². The van der Waals surface area contributed by atoms with E-state index in [9.17, 15) is 9.59 Å². The lowest BCUT2D eigenvalue weighted by Gasteiger charge is -2.35. The van der Waals surface area contributed by atoms with Gasteiger partial charge >= 0.3 is 0 Å². The van der Waals surface area contributed by atoms with E-state index in [-0.39, 0.29) is 18.1 Å². The van der Waals surface area contributed by atoms with Crippen LogP contribution in [0, 0.1) is 5.92 Å². The fraction of sp³-hybridized carbons (Fsp3) is 0.692. The predicted octanol–water partition coefficient (Wildman–Crippen LogP) is 1.58. The van der Waals surface area contributed by atoms with Crippen LogP contribution in [-0.2, 0) is 25.5 Å². The smallest absolute Gasteiger partial charge is 0.242 e. The average molecular weight is 473 g/mol. The molecule has 0 unspecified atom stereocenters. The molecule has 3 fully saturated rings. The monoisotopic (exact) mass is 472 g/mol. The van der Waals surface area contributed by atoms with Gasteiger partial charge in [-0.25, -0.2) is 0 Å². The maximum absolute atomic E-state index is 13.2. The molecule has 188 valence electrons. The summed E-state index contributed by atoms with van der Waals surface area (Å²) in [7, 11) is 0. The highest BCUT2D eigenvalue weighted by atomic mass is 16.7. The molecule has 34 heavy (non-hydrogen) atoms. The Morgan fingerprint density at radius 2 is 1.74 bits per heavy atom. The lowest BCUT2D eigenvalue weighted by atomic mass is 9.95. The molecule has 0 aromatic heterocycles. The second-order valence-corrected chi connectivity index (χ2v) is 10.1. The first-order valence-corrected chi connectivity index (χ1v) is 12.9. The minimum Gasteiger partial charge on any atom is -0.354 e. The average Bonchev–Trinajstić information content (AvgIpc) is 3.32. The molecule has 8 heteroatoms. The standard InChI is InChI=1S/C26H40N4O4/c27-26(11-4-5-12-26)25(32)29-22(17-20-7-2-1-3-8-20)24(31)28-18-21-9-13-30(14-10-21)19-23-33-15-6-16-34-23/h1-3,7-8,21-23H,4-6,9-19,27H2,(H,28,31)(H,29,32)/t22-/m1/s1. The Bertz CT molecular complexity index is 785. The van der Waals surface area contributed by atoms with Crippen molar-refractivity contribution in [2.75, 3.05) is 39.4 Å². The van der Waals surface area contributed by atoms with Crippen LogP contribution in [0.4, 0.5) is 0 Å². The van der Waals surface area contributed by atoms with E-state index in [2.05, 4.69) is 15.5 Å². The lowest BCUT2D eigenvalue weighted by molar-refractivity contribution is -0.187. The van der Waals surface area contributed by atoms with Crippen LogP contribution >= 0.6 is 0 Å². The summed E-state index contributed by atoms with van der Waals surface area (Å²) in [6.07, 6.45) is 6.61. The Morgan fingerprint density at radius 1 is 1.06 bits per heavy atom. The lowest BCUT2D eigenvalue weighted by Crippen LogP contribution is -2.58. The van der Waals surface area contributed by atoms with Crippen molar-refractivity contribution in [3.05, 3.63) is 35.9 Å². The van der Waals surface area contributed by atoms with E-state index >= 15 is 0 Å². The van der Waals surface area contributed by atoms with Crippen molar-refractivity contribution in [2.24, 2.45) is 11.7 Å². The summed E-state index contributed by atoms with van der Waals surface area (Å²) >= 11 is 0. The number of benzene rings is 1. The van der Waals surface area contributed by atoms with Gasteiger partial charge in [-0.2, -0.15) is 0 Å². The molecule has 1 atom stereocenters. The first-order chi connectivity index (χ1) is 16.5. The first-order valence-electron chi connectivity index (χ1n) is 12.9. The Hall–Kier alpha value is -2.00. The number of hydrogen-bond donors (Lipinski definition) is 3. The van der Waals surface area contributed by atoms with Gasteiger partial charge in [-0.15, -0.1) is 0 Å². The van der Waals surface area contributed by atoms with Gasteiger partial charge in [-0.1, -0.05) is 43.2 Å². The van der Waals surface area contributed by atoms with E-state index in [1.54, 1.807) is 0 Å². The van der Waals surface area contributed by atoms with Gasteiger partial charge in [0.15, 0.2) is 6.29 Å². The molecule has 2 heterocycles. The van der Waals surface area contributed by atoms with E-state index in [4.69, 9.17) is 15.2 Å². The highest BCUT2D eigenvalue weighted by molar-refractivity contribution is 5.92. The molecular formula is C26H40N4O4. The van der Waals surface area contributed by atoms with E-state index in [0.29, 0.717) is 31.7 Å². The van der Waals surface area contributed by atoms with E-state index in [0.717, 1.165) is 70.5 Å². The largest absolute Gasteiger partial charge is 0.354 e. The van der Waals surface area contributed by atoms with Crippen molar-refractivity contribution >= 4 is 11.8 Å². The quantitative estimate of drug-likeness (QED) is 0.504. The molecule has 1 saturated carbocycles. The predicted molar refractivity (Wildman–Crippen MR) is 130 cm³/mol. The number of likely N-dealkylation sites (tertiary alicyclic amines) is 1. The Labute approximate surface area is 202 Å². The molecule has 3 aliphatic rings. The number of ether oxygens (including phenoxy) is 2. The molecule has 2 saturated heterocycles. The molecule has 2 amide bonds. The van der Waals surface area contributed by atoms with Crippen LogP contribution in [-0.4, -0.2) is 74.0 Å². The summed E-state index contributed by atoms with van der Waals surface area (Å²) in [6.45, 7) is 4.94. The molecule has 8 nitrogen and oxygen atoms in total. The van der Waals surface area contributed by atoms with E-state index in [1.165, 1.54) is 0 Å². The number of carbonyl (C=O) groups is 2. The maximum Gasteiger partial charge on any atom is 0.242 e. The third-order valence-electron chi connectivity index (χ3n) is 7.43. The molecular weight excluding hydrogens is 432 g/mol. The topological polar surface area (TPSA) is 106 Å². The van der Waals surface area contributed by atoms with Crippen molar-refractivity contribution in [3.63, 3.8) is 0 Å². The molecule has 1 aliphatic carbocycles. The van der Waals surface area contributed by atoms with Gasteiger partial charge in [0.2, 0.25) is 11.8 Å². The number of piperidine rings is 1. The van der Waals surface area contributed by atoms with Crippen molar-refractivity contribution in [2.45, 2.75) is 69.2 Å². The molecule has 0 radical (unpaired) electrons. The van der Waals surface area contributed by atoms with Crippen LogP contribution in [0.5, 0.6) is 0 Å². The van der Waals surface area contributed by atoms with Crippen LogP contribution in [0.2, 0.25) is 0 Å². The maximum atomic E-state index is 13.2. The second-order valence-electron chi connectivity index (χ2n) is 10.1. The van der Waals surface area contributed by atoms with Gasteiger partial charge in [-0.3, -0.25) is 14.5 Å². The zero-order valence-electron chi connectivity index (χ0n) is 20.2. The van der Waals surface area contributed by atoms with Gasteiger partial charge in [-0.05, 0) is 56.7 Å². The summed E-state index contributed by atoms with van der Waals surface area (Å²) in [5, 5.41) is 6.09. The minimum atomic E-state index is -0.853. The third-order valence-corrected chi connectivity index (χ3v) is 7.43. The number of nitrogens with zero attached hydrogens (tertiary/aromatic N) is 1. The summed E-state index contributed by atoms with van der Waals surface area (Å²) in [5.41, 5.74) is 6.51. The van der Waals surface area contributed by atoms with Crippen molar-refractivity contribution in [1.82, 2.24) is 15.5 Å². The van der Waals surface area contributed by atoms with Gasteiger partial charge in [0.05, 0.1) is 18.8 Å². The summed E-state index contributed by atoms with van der Waals surface area (Å²) in [5.74, 6) is 0.0870. The highest BCUT2D eigenvalue weighted by Crippen LogP contribution is 2.27. The Morgan fingerprint density at radius 3 is 2.41 bits per heavy atom. The van der Waals surface area contributed by atoms with Gasteiger partial charge in [0.1, 0.15) is 6.04 Å². The fourth-order valence-electron chi connectivity index (χ4n) is 5.19. The van der Waals surface area contributed by atoms with Crippen molar-refractivity contribution in [3.8, 4) is 0 Å². The van der Waals surface area contributed by atoms with Crippen LogP contribution in [0.1, 0.15) is 50.5 Å². The second kappa shape index (κ2) is 12.1.